The molecule has 6 nitrogen and oxygen atoms in total. The van der Waals surface area contributed by atoms with Gasteiger partial charge in [0.25, 0.3) is 0 Å². The van der Waals surface area contributed by atoms with Crippen molar-refractivity contribution in [3.05, 3.63) is 35.7 Å². The van der Waals surface area contributed by atoms with Crippen molar-refractivity contribution in [1.29, 1.82) is 5.26 Å². The average molecular weight is 300 g/mol. The van der Waals surface area contributed by atoms with Crippen molar-refractivity contribution < 1.29 is 9.53 Å². The minimum absolute atomic E-state index is 0.0131. The van der Waals surface area contributed by atoms with Gasteiger partial charge in [-0.05, 0) is 32.6 Å². The van der Waals surface area contributed by atoms with Gasteiger partial charge >= 0.3 is 5.97 Å². The Morgan fingerprint density at radius 3 is 2.68 bits per heavy atom. The van der Waals surface area contributed by atoms with Gasteiger partial charge in [-0.2, -0.15) is 5.26 Å². The fourth-order valence-electron chi connectivity index (χ4n) is 2.67. The highest BCUT2D eigenvalue weighted by Crippen LogP contribution is 2.39. The minimum Gasteiger partial charge on any atom is -0.465 e. The summed E-state index contributed by atoms with van der Waals surface area (Å²) in [5.41, 5.74) is 1.78. The molecule has 0 bridgehead atoms. The van der Waals surface area contributed by atoms with Crippen molar-refractivity contribution in [3.63, 3.8) is 0 Å². The average Bonchev–Trinajstić information content (AvgIpc) is 2.87. The molecule has 0 aromatic heterocycles. The highest BCUT2D eigenvalue weighted by atomic mass is 16.5. The number of nitrogens with one attached hydrogen (secondary N) is 1. The van der Waals surface area contributed by atoms with Gasteiger partial charge in [-0.1, -0.05) is 19.1 Å². The summed E-state index contributed by atoms with van der Waals surface area (Å²) in [5.74, 6) is -0.174. The fourth-order valence-corrected chi connectivity index (χ4v) is 2.67. The first-order valence-electron chi connectivity index (χ1n) is 7.09. The van der Waals surface area contributed by atoms with Crippen LogP contribution in [0.25, 0.3) is 0 Å². The molecule has 1 atom stereocenters. The third kappa shape index (κ3) is 2.63. The summed E-state index contributed by atoms with van der Waals surface area (Å²) >= 11 is 0. The Balaban J connectivity index is 2.62. The standard InChI is InChI=1S/C16H20N4O2/c1-5-14(19(2)3)20-13-9-7-6-8-12(13)18-15(20)11(10-17)16(21)22-4/h6-9,14,18H,5H2,1-4H3/b15-11+/t14-/m0/s1. The van der Waals surface area contributed by atoms with Crippen LogP contribution in [0.4, 0.5) is 11.4 Å². The molecule has 0 radical (unpaired) electrons. The molecule has 0 fully saturated rings. The normalized spacial score (nSPS) is 16.6. The maximum Gasteiger partial charge on any atom is 0.352 e. The predicted octanol–water partition coefficient (Wildman–Crippen LogP) is 2.12. The number of hydrogen-bond donors (Lipinski definition) is 1. The van der Waals surface area contributed by atoms with E-state index in [0.717, 1.165) is 17.8 Å². The lowest BCUT2D eigenvalue weighted by atomic mass is 10.2. The predicted molar refractivity (Wildman–Crippen MR) is 85.0 cm³/mol. The Kier molecular flexibility index (Phi) is 4.68. The van der Waals surface area contributed by atoms with E-state index in [9.17, 15) is 10.1 Å². The summed E-state index contributed by atoms with van der Waals surface area (Å²) in [5, 5.41) is 12.6. The van der Waals surface area contributed by atoms with E-state index in [0.29, 0.717) is 5.82 Å². The van der Waals surface area contributed by atoms with Crippen LogP contribution in [0.2, 0.25) is 0 Å². The number of hydrogen-bond acceptors (Lipinski definition) is 6. The van der Waals surface area contributed by atoms with Crippen LogP contribution in [0.1, 0.15) is 13.3 Å². The zero-order valence-corrected chi connectivity index (χ0v) is 13.3. The number of nitrogens with zero attached hydrogens (tertiary/aromatic N) is 3. The Hall–Kier alpha value is -2.52. The summed E-state index contributed by atoms with van der Waals surface area (Å²) in [4.78, 5) is 16.0. The minimum atomic E-state index is -0.642. The van der Waals surface area contributed by atoms with Gasteiger partial charge in [0.15, 0.2) is 5.57 Å². The largest absolute Gasteiger partial charge is 0.465 e. The maximum absolute atomic E-state index is 11.9. The number of esters is 1. The molecular weight excluding hydrogens is 280 g/mol. The lowest BCUT2D eigenvalue weighted by Gasteiger charge is -2.34. The molecule has 1 N–H and O–H groups in total. The van der Waals surface area contributed by atoms with Gasteiger partial charge in [-0.15, -0.1) is 0 Å². The molecule has 0 saturated carbocycles. The summed E-state index contributed by atoms with van der Waals surface area (Å²) in [6.07, 6.45) is 0.839. The Labute approximate surface area is 130 Å². The molecule has 1 aromatic carbocycles. The van der Waals surface area contributed by atoms with Crippen LogP contribution in [0.5, 0.6) is 0 Å². The molecule has 1 heterocycles. The molecule has 116 valence electrons. The van der Waals surface area contributed by atoms with Crippen LogP contribution in [-0.2, 0) is 9.53 Å². The van der Waals surface area contributed by atoms with Gasteiger partial charge in [0.1, 0.15) is 11.9 Å². The van der Waals surface area contributed by atoms with Gasteiger partial charge < -0.3 is 15.0 Å². The third-order valence-corrected chi connectivity index (χ3v) is 3.65. The number of rotatable bonds is 4. The molecule has 2 rings (SSSR count). The second kappa shape index (κ2) is 6.50. The van der Waals surface area contributed by atoms with Crippen LogP contribution in [-0.4, -0.2) is 38.2 Å². The number of benzene rings is 1. The van der Waals surface area contributed by atoms with E-state index in [1.807, 2.05) is 49.3 Å². The van der Waals surface area contributed by atoms with Gasteiger partial charge in [-0.3, -0.25) is 4.90 Å². The lowest BCUT2D eigenvalue weighted by Crippen LogP contribution is -2.44. The van der Waals surface area contributed by atoms with E-state index in [1.165, 1.54) is 7.11 Å². The quantitative estimate of drug-likeness (QED) is 0.522. The lowest BCUT2D eigenvalue weighted by molar-refractivity contribution is -0.135. The second-order valence-corrected chi connectivity index (χ2v) is 5.19. The Bertz CT molecular complexity index is 646. The van der Waals surface area contributed by atoms with Crippen LogP contribution < -0.4 is 10.2 Å². The zero-order valence-electron chi connectivity index (χ0n) is 13.3. The number of anilines is 2. The number of carbonyl (C=O) groups is 1. The molecule has 0 unspecified atom stereocenters. The fraction of sp³-hybridized carbons (Fsp3) is 0.375. The molecule has 0 aliphatic carbocycles. The first-order chi connectivity index (χ1) is 10.5. The Morgan fingerprint density at radius 2 is 2.14 bits per heavy atom. The van der Waals surface area contributed by atoms with E-state index in [1.54, 1.807) is 0 Å². The number of nitriles is 1. The van der Waals surface area contributed by atoms with Gasteiger partial charge in [-0.25, -0.2) is 4.79 Å². The van der Waals surface area contributed by atoms with Gasteiger partial charge in [0.05, 0.1) is 24.7 Å². The SMILES string of the molecule is CC[C@@H](N(C)C)N1/C(=C(\C#N)C(=O)OC)Nc2ccccc21. The molecule has 6 heteroatoms. The van der Waals surface area contributed by atoms with Crippen molar-refractivity contribution >= 4 is 17.3 Å². The molecule has 0 spiro atoms. The van der Waals surface area contributed by atoms with Crippen molar-refractivity contribution in [2.24, 2.45) is 0 Å². The number of fused-ring (bicyclic) bond motifs is 1. The number of methoxy groups -OCH3 is 1. The molecule has 22 heavy (non-hydrogen) atoms. The Morgan fingerprint density at radius 1 is 1.45 bits per heavy atom. The van der Waals surface area contributed by atoms with E-state index in [-0.39, 0.29) is 11.7 Å². The zero-order chi connectivity index (χ0) is 16.3. The molecule has 0 amide bonds. The van der Waals surface area contributed by atoms with Crippen molar-refractivity contribution in [2.75, 3.05) is 31.4 Å². The van der Waals surface area contributed by atoms with Crippen molar-refractivity contribution in [2.45, 2.75) is 19.5 Å². The van der Waals surface area contributed by atoms with E-state index in [4.69, 9.17) is 4.74 Å². The summed E-state index contributed by atoms with van der Waals surface area (Å²) in [6.45, 7) is 2.06. The molecule has 1 aromatic rings. The molecule has 1 aliphatic heterocycles. The molecule has 0 saturated heterocycles. The van der Waals surface area contributed by atoms with E-state index < -0.39 is 5.97 Å². The van der Waals surface area contributed by atoms with Crippen LogP contribution in [0, 0.1) is 11.3 Å². The second-order valence-electron chi connectivity index (χ2n) is 5.19. The summed E-state index contributed by atoms with van der Waals surface area (Å²) < 4.78 is 4.74. The highest BCUT2D eigenvalue weighted by Gasteiger charge is 2.34. The van der Waals surface area contributed by atoms with Crippen molar-refractivity contribution in [1.82, 2.24) is 4.90 Å². The number of para-hydroxylation sites is 2. The summed E-state index contributed by atoms with van der Waals surface area (Å²) in [6, 6.07) is 9.69. The molecular formula is C16H20N4O2. The maximum atomic E-state index is 11.9. The highest BCUT2D eigenvalue weighted by molar-refractivity contribution is 5.97. The summed E-state index contributed by atoms with van der Waals surface area (Å²) in [7, 11) is 5.21. The molecule has 1 aliphatic rings. The monoisotopic (exact) mass is 300 g/mol. The van der Waals surface area contributed by atoms with Crippen LogP contribution in [0.15, 0.2) is 35.7 Å². The van der Waals surface area contributed by atoms with Crippen LogP contribution in [0.3, 0.4) is 0 Å². The first-order valence-corrected chi connectivity index (χ1v) is 7.09. The van der Waals surface area contributed by atoms with Gasteiger partial charge in [0, 0.05) is 0 Å². The number of ether oxygens (including phenoxy) is 1. The van der Waals surface area contributed by atoms with E-state index in [2.05, 4.69) is 17.1 Å². The van der Waals surface area contributed by atoms with Crippen LogP contribution >= 0.6 is 0 Å². The third-order valence-electron chi connectivity index (χ3n) is 3.65. The number of carbonyl (C=O) groups excluding carboxylic acids is 1. The van der Waals surface area contributed by atoms with Gasteiger partial charge in [0.2, 0.25) is 0 Å². The first kappa shape index (κ1) is 15.9. The van der Waals surface area contributed by atoms with Crippen molar-refractivity contribution in [3.8, 4) is 6.07 Å². The topological polar surface area (TPSA) is 68.6 Å². The smallest absolute Gasteiger partial charge is 0.352 e. The van der Waals surface area contributed by atoms with E-state index >= 15 is 0 Å².